The molecule has 1 aromatic carbocycles. The van der Waals surface area contributed by atoms with Gasteiger partial charge in [0.15, 0.2) is 0 Å². The average Bonchev–Trinajstić information content (AvgIpc) is 2.53. The SMILES string of the molecule is COC(CNC(=O)C(CC(C)C)NC(=O)OC(C)(C)C)c1ccc(F)cc1F. The fourth-order valence-electron chi connectivity index (χ4n) is 2.55. The van der Waals surface area contributed by atoms with Crippen LogP contribution in [0, 0.1) is 17.6 Å². The molecule has 0 saturated heterocycles. The van der Waals surface area contributed by atoms with E-state index in [0.717, 1.165) is 12.1 Å². The van der Waals surface area contributed by atoms with Crippen molar-refractivity contribution in [3.63, 3.8) is 0 Å². The molecule has 0 saturated carbocycles. The number of rotatable bonds is 8. The number of ether oxygens (including phenoxy) is 2. The number of halogens is 2. The molecule has 2 N–H and O–H groups in total. The third kappa shape index (κ3) is 8.21. The highest BCUT2D eigenvalue weighted by Crippen LogP contribution is 2.20. The fourth-order valence-corrected chi connectivity index (χ4v) is 2.55. The highest BCUT2D eigenvalue weighted by Gasteiger charge is 2.26. The zero-order valence-corrected chi connectivity index (χ0v) is 17.3. The van der Waals surface area contributed by atoms with Crippen molar-refractivity contribution in [2.24, 2.45) is 5.92 Å². The van der Waals surface area contributed by atoms with Crippen LogP contribution in [0.25, 0.3) is 0 Å². The van der Waals surface area contributed by atoms with Crippen molar-refractivity contribution < 1.29 is 27.8 Å². The van der Waals surface area contributed by atoms with Crippen molar-refractivity contribution in [1.82, 2.24) is 10.6 Å². The minimum Gasteiger partial charge on any atom is -0.444 e. The summed E-state index contributed by atoms with van der Waals surface area (Å²) in [6.07, 6.45) is -1.10. The van der Waals surface area contributed by atoms with Crippen molar-refractivity contribution in [3.05, 3.63) is 35.4 Å². The minimum atomic E-state index is -0.814. The van der Waals surface area contributed by atoms with Crippen LogP contribution < -0.4 is 10.6 Å². The molecule has 2 unspecified atom stereocenters. The summed E-state index contributed by atoms with van der Waals surface area (Å²) < 4.78 is 37.5. The van der Waals surface area contributed by atoms with E-state index in [1.165, 1.54) is 13.2 Å². The van der Waals surface area contributed by atoms with Gasteiger partial charge in [-0.2, -0.15) is 0 Å². The van der Waals surface area contributed by atoms with Gasteiger partial charge in [0.1, 0.15) is 29.4 Å². The molecule has 28 heavy (non-hydrogen) atoms. The smallest absolute Gasteiger partial charge is 0.408 e. The van der Waals surface area contributed by atoms with Crippen LogP contribution in [0.15, 0.2) is 18.2 Å². The monoisotopic (exact) mass is 400 g/mol. The van der Waals surface area contributed by atoms with Crippen LogP contribution in [-0.2, 0) is 14.3 Å². The minimum absolute atomic E-state index is 0.0392. The van der Waals surface area contributed by atoms with Gasteiger partial charge >= 0.3 is 6.09 Å². The molecule has 0 spiro atoms. The van der Waals surface area contributed by atoms with Gasteiger partial charge in [-0.1, -0.05) is 19.9 Å². The lowest BCUT2D eigenvalue weighted by Gasteiger charge is -2.25. The third-order valence-corrected chi connectivity index (χ3v) is 3.77. The van der Waals surface area contributed by atoms with Gasteiger partial charge in [0.05, 0.1) is 0 Å². The Morgan fingerprint density at radius 2 is 1.82 bits per heavy atom. The van der Waals surface area contributed by atoms with Gasteiger partial charge < -0.3 is 20.1 Å². The maximum absolute atomic E-state index is 14.0. The topological polar surface area (TPSA) is 76.7 Å². The Bertz CT molecular complexity index is 675. The van der Waals surface area contributed by atoms with Crippen molar-refractivity contribution >= 4 is 12.0 Å². The molecule has 0 heterocycles. The Kier molecular flexibility index (Phi) is 8.81. The first-order valence-electron chi connectivity index (χ1n) is 9.18. The molecule has 0 aromatic heterocycles. The quantitative estimate of drug-likeness (QED) is 0.698. The summed E-state index contributed by atoms with van der Waals surface area (Å²) >= 11 is 0. The molecule has 1 aromatic rings. The highest BCUT2D eigenvalue weighted by molar-refractivity contribution is 5.85. The van der Waals surface area contributed by atoms with E-state index in [-0.39, 0.29) is 18.0 Å². The largest absolute Gasteiger partial charge is 0.444 e. The van der Waals surface area contributed by atoms with E-state index in [1.54, 1.807) is 20.8 Å². The number of alkyl carbamates (subject to hydrolysis) is 1. The van der Waals surface area contributed by atoms with Crippen LogP contribution in [0.3, 0.4) is 0 Å². The van der Waals surface area contributed by atoms with Gasteiger partial charge in [0.25, 0.3) is 0 Å². The summed E-state index contributed by atoms with van der Waals surface area (Å²) in [4.78, 5) is 24.6. The third-order valence-electron chi connectivity index (χ3n) is 3.77. The van der Waals surface area contributed by atoms with Crippen molar-refractivity contribution in [2.75, 3.05) is 13.7 Å². The number of methoxy groups -OCH3 is 1. The molecule has 0 fully saturated rings. The Labute approximate surface area is 165 Å². The molecule has 0 aliphatic rings. The second-order valence-corrected chi connectivity index (χ2v) is 7.96. The van der Waals surface area contributed by atoms with Gasteiger partial charge in [-0.15, -0.1) is 0 Å². The summed E-state index contributed by atoms with van der Waals surface area (Å²) in [6, 6.07) is 2.34. The Balaban J connectivity index is 2.78. The molecule has 0 aliphatic heterocycles. The van der Waals surface area contributed by atoms with Crippen LogP contribution in [0.4, 0.5) is 13.6 Å². The van der Waals surface area contributed by atoms with Gasteiger partial charge in [-0.3, -0.25) is 4.79 Å². The van der Waals surface area contributed by atoms with Crippen molar-refractivity contribution in [1.29, 1.82) is 0 Å². The fraction of sp³-hybridized carbons (Fsp3) is 0.600. The van der Waals surface area contributed by atoms with Gasteiger partial charge in [-0.25, -0.2) is 13.6 Å². The molecule has 2 amide bonds. The number of carbonyl (C=O) groups is 2. The predicted octanol–water partition coefficient (Wildman–Crippen LogP) is 3.71. The molecular formula is C20H30F2N2O4. The van der Waals surface area contributed by atoms with Gasteiger partial charge in [0, 0.05) is 25.3 Å². The van der Waals surface area contributed by atoms with Crippen molar-refractivity contribution in [2.45, 2.75) is 58.8 Å². The van der Waals surface area contributed by atoms with E-state index in [2.05, 4.69) is 10.6 Å². The lowest BCUT2D eigenvalue weighted by molar-refractivity contribution is -0.124. The Morgan fingerprint density at radius 1 is 1.18 bits per heavy atom. The van der Waals surface area contributed by atoms with Gasteiger partial charge in [-0.05, 0) is 39.2 Å². The lowest BCUT2D eigenvalue weighted by atomic mass is 10.0. The van der Waals surface area contributed by atoms with Crippen LogP contribution in [0.1, 0.15) is 52.7 Å². The Morgan fingerprint density at radius 3 is 2.32 bits per heavy atom. The maximum Gasteiger partial charge on any atom is 0.408 e. The molecule has 0 radical (unpaired) electrons. The second-order valence-electron chi connectivity index (χ2n) is 7.96. The average molecular weight is 400 g/mol. The Hall–Kier alpha value is -2.22. The number of hydrogen-bond donors (Lipinski definition) is 2. The summed E-state index contributed by atoms with van der Waals surface area (Å²) in [6.45, 7) is 8.98. The summed E-state index contributed by atoms with van der Waals surface area (Å²) in [5, 5.41) is 5.22. The molecular weight excluding hydrogens is 370 g/mol. The number of nitrogens with one attached hydrogen (secondary N) is 2. The normalized spacial score (nSPS) is 13.8. The number of benzene rings is 1. The molecule has 8 heteroatoms. The highest BCUT2D eigenvalue weighted by atomic mass is 19.1. The maximum atomic E-state index is 14.0. The molecule has 2 atom stereocenters. The predicted molar refractivity (Wildman–Crippen MR) is 102 cm³/mol. The van der Waals surface area contributed by atoms with E-state index < -0.39 is 41.4 Å². The van der Waals surface area contributed by atoms with Crippen LogP contribution in [0.2, 0.25) is 0 Å². The van der Waals surface area contributed by atoms with E-state index in [9.17, 15) is 18.4 Å². The molecule has 1 rings (SSSR count). The zero-order valence-electron chi connectivity index (χ0n) is 17.3. The molecule has 158 valence electrons. The van der Waals surface area contributed by atoms with E-state index >= 15 is 0 Å². The summed E-state index contributed by atoms with van der Waals surface area (Å²) in [5.41, 5.74) is -0.561. The van der Waals surface area contributed by atoms with Crippen LogP contribution in [-0.4, -0.2) is 37.3 Å². The van der Waals surface area contributed by atoms with E-state index in [0.29, 0.717) is 6.42 Å². The number of carbonyl (C=O) groups excluding carboxylic acids is 2. The second kappa shape index (κ2) is 10.4. The summed E-state index contributed by atoms with van der Waals surface area (Å²) in [5.74, 6) is -1.76. The zero-order chi connectivity index (χ0) is 21.5. The molecule has 6 nitrogen and oxygen atoms in total. The first-order chi connectivity index (χ1) is 12.9. The standard InChI is InChI=1S/C20H30F2N2O4/c1-12(2)9-16(24-19(26)28-20(3,4)5)18(25)23-11-17(27-6)14-8-7-13(21)10-15(14)22/h7-8,10,12,16-17H,9,11H2,1-6H3,(H,23,25)(H,24,26). The van der Waals surface area contributed by atoms with Gasteiger partial charge in [0.2, 0.25) is 5.91 Å². The molecule has 0 bridgehead atoms. The first-order valence-corrected chi connectivity index (χ1v) is 9.18. The first kappa shape index (κ1) is 23.8. The van der Waals surface area contributed by atoms with Crippen molar-refractivity contribution in [3.8, 4) is 0 Å². The van der Waals surface area contributed by atoms with E-state index in [1.807, 2.05) is 13.8 Å². The van der Waals surface area contributed by atoms with E-state index in [4.69, 9.17) is 9.47 Å². The van der Waals surface area contributed by atoms with Crippen LogP contribution >= 0.6 is 0 Å². The number of amides is 2. The summed E-state index contributed by atoms with van der Waals surface area (Å²) in [7, 11) is 1.37. The molecule has 0 aliphatic carbocycles. The van der Waals surface area contributed by atoms with Crippen LogP contribution in [0.5, 0.6) is 0 Å². The number of hydrogen-bond acceptors (Lipinski definition) is 4. The lowest BCUT2D eigenvalue weighted by Crippen LogP contribution is -2.49.